The van der Waals surface area contributed by atoms with Crippen molar-refractivity contribution in [2.45, 2.75) is 24.7 Å². The summed E-state index contributed by atoms with van der Waals surface area (Å²) in [6.45, 7) is 5.94. The van der Waals surface area contributed by atoms with Gasteiger partial charge in [-0.3, -0.25) is 0 Å². The van der Waals surface area contributed by atoms with E-state index in [1.807, 2.05) is 12.1 Å². The minimum Gasteiger partial charge on any atom is -0.379 e. The quantitative estimate of drug-likeness (QED) is 0.841. The summed E-state index contributed by atoms with van der Waals surface area (Å²) in [6.07, 6.45) is 0. The summed E-state index contributed by atoms with van der Waals surface area (Å²) in [6, 6.07) is 7.21. The van der Waals surface area contributed by atoms with Crippen molar-refractivity contribution in [3.63, 3.8) is 0 Å². The molecule has 5 heteroatoms. The number of hydrogen-bond acceptors (Lipinski definition) is 3. The molecule has 1 fully saturated rings. The summed E-state index contributed by atoms with van der Waals surface area (Å²) >= 11 is 0. The molecular weight excluding hydrogens is 250 g/mol. The number of hydrogen-bond donors (Lipinski definition) is 0. The predicted molar refractivity (Wildman–Crippen MR) is 70.1 cm³/mol. The number of ether oxygens (including phenoxy) is 1. The maximum absolute atomic E-state index is 12.4. The molecule has 0 bridgehead atoms. The van der Waals surface area contributed by atoms with Crippen molar-refractivity contribution >= 4 is 10.0 Å². The molecule has 1 heterocycles. The highest BCUT2D eigenvalue weighted by Crippen LogP contribution is 2.21. The van der Waals surface area contributed by atoms with E-state index in [0.717, 1.165) is 5.56 Å². The van der Waals surface area contributed by atoms with Crippen LogP contribution in [0.5, 0.6) is 0 Å². The fourth-order valence-corrected chi connectivity index (χ4v) is 3.43. The van der Waals surface area contributed by atoms with Crippen molar-refractivity contribution in [2.24, 2.45) is 0 Å². The Labute approximate surface area is 109 Å². The second kappa shape index (κ2) is 5.38. The monoisotopic (exact) mass is 269 g/mol. The molecule has 1 aliphatic rings. The van der Waals surface area contributed by atoms with Gasteiger partial charge in [-0.1, -0.05) is 26.0 Å². The smallest absolute Gasteiger partial charge is 0.243 e. The number of nitrogens with zero attached hydrogens (tertiary/aromatic N) is 1. The van der Waals surface area contributed by atoms with Crippen LogP contribution in [0, 0.1) is 0 Å². The van der Waals surface area contributed by atoms with Gasteiger partial charge in [0.15, 0.2) is 0 Å². The molecule has 1 aromatic carbocycles. The Morgan fingerprint density at radius 3 is 2.50 bits per heavy atom. The van der Waals surface area contributed by atoms with Crippen molar-refractivity contribution in [1.82, 2.24) is 4.31 Å². The molecule has 0 radical (unpaired) electrons. The highest BCUT2D eigenvalue weighted by molar-refractivity contribution is 7.89. The van der Waals surface area contributed by atoms with Crippen LogP contribution in [-0.2, 0) is 14.8 Å². The molecule has 100 valence electrons. The molecule has 0 saturated carbocycles. The molecule has 0 atom stereocenters. The summed E-state index contributed by atoms with van der Waals surface area (Å²) in [7, 11) is -3.36. The fourth-order valence-electron chi connectivity index (χ4n) is 1.97. The first kappa shape index (κ1) is 13.5. The van der Waals surface area contributed by atoms with Crippen molar-refractivity contribution in [1.29, 1.82) is 0 Å². The standard InChI is InChI=1S/C13H19NO3S/c1-11(2)12-4-3-5-13(10-12)18(15,16)14-6-8-17-9-7-14/h3-5,10-11H,6-9H2,1-2H3. The van der Waals surface area contributed by atoms with E-state index in [1.54, 1.807) is 12.1 Å². The summed E-state index contributed by atoms with van der Waals surface area (Å²) in [5, 5.41) is 0. The maximum atomic E-state index is 12.4. The minimum absolute atomic E-state index is 0.324. The first-order valence-electron chi connectivity index (χ1n) is 6.19. The van der Waals surface area contributed by atoms with Crippen LogP contribution in [0.1, 0.15) is 25.3 Å². The SMILES string of the molecule is CC(C)c1cccc(S(=O)(=O)N2CCOCC2)c1. The third kappa shape index (κ3) is 2.74. The van der Waals surface area contributed by atoms with Gasteiger partial charge < -0.3 is 4.74 Å². The van der Waals surface area contributed by atoms with Crippen LogP contribution in [0.25, 0.3) is 0 Å². The summed E-state index contributed by atoms with van der Waals surface area (Å²) in [5.41, 5.74) is 1.05. The van der Waals surface area contributed by atoms with Crippen molar-refractivity contribution in [2.75, 3.05) is 26.3 Å². The molecule has 1 aliphatic heterocycles. The van der Waals surface area contributed by atoms with Gasteiger partial charge in [-0.2, -0.15) is 4.31 Å². The van der Waals surface area contributed by atoms with Crippen LogP contribution >= 0.6 is 0 Å². The molecule has 1 saturated heterocycles. The number of sulfonamides is 1. The van der Waals surface area contributed by atoms with Crippen LogP contribution in [-0.4, -0.2) is 39.0 Å². The molecule has 1 aromatic rings. The predicted octanol–water partition coefficient (Wildman–Crippen LogP) is 1.83. The lowest BCUT2D eigenvalue weighted by Gasteiger charge is -2.26. The highest BCUT2D eigenvalue weighted by Gasteiger charge is 2.26. The second-order valence-electron chi connectivity index (χ2n) is 4.74. The first-order valence-corrected chi connectivity index (χ1v) is 7.63. The maximum Gasteiger partial charge on any atom is 0.243 e. The lowest BCUT2D eigenvalue weighted by atomic mass is 10.0. The zero-order valence-electron chi connectivity index (χ0n) is 10.8. The Morgan fingerprint density at radius 2 is 1.89 bits per heavy atom. The third-order valence-electron chi connectivity index (χ3n) is 3.13. The van der Waals surface area contributed by atoms with E-state index in [2.05, 4.69) is 13.8 Å². The van der Waals surface area contributed by atoms with E-state index in [1.165, 1.54) is 4.31 Å². The van der Waals surface area contributed by atoms with Gasteiger partial charge in [-0.15, -0.1) is 0 Å². The zero-order valence-corrected chi connectivity index (χ0v) is 11.6. The molecule has 2 rings (SSSR count). The van der Waals surface area contributed by atoms with Gasteiger partial charge in [-0.05, 0) is 23.6 Å². The Bertz CT molecular complexity index is 505. The largest absolute Gasteiger partial charge is 0.379 e. The van der Waals surface area contributed by atoms with Crippen molar-refractivity contribution in [3.05, 3.63) is 29.8 Å². The minimum atomic E-state index is -3.36. The Kier molecular flexibility index (Phi) is 4.04. The molecule has 0 aliphatic carbocycles. The molecule has 0 amide bonds. The van der Waals surface area contributed by atoms with E-state index >= 15 is 0 Å². The summed E-state index contributed by atoms with van der Waals surface area (Å²) in [4.78, 5) is 0.385. The second-order valence-corrected chi connectivity index (χ2v) is 6.68. The number of morpholine rings is 1. The van der Waals surface area contributed by atoms with Gasteiger partial charge in [0.05, 0.1) is 18.1 Å². The van der Waals surface area contributed by atoms with E-state index in [0.29, 0.717) is 37.1 Å². The summed E-state index contributed by atoms with van der Waals surface area (Å²) in [5.74, 6) is 0.324. The molecule has 0 N–H and O–H groups in total. The molecule has 4 nitrogen and oxygen atoms in total. The molecule has 0 spiro atoms. The Morgan fingerprint density at radius 1 is 1.22 bits per heavy atom. The molecular formula is C13H19NO3S. The van der Waals surface area contributed by atoms with Crippen LogP contribution in [0.4, 0.5) is 0 Å². The Balaban J connectivity index is 2.31. The molecule has 0 unspecified atom stereocenters. The van der Waals surface area contributed by atoms with Crippen molar-refractivity contribution < 1.29 is 13.2 Å². The fraction of sp³-hybridized carbons (Fsp3) is 0.538. The zero-order chi connectivity index (χ0) is 13.2. The van der Waals surface area contributed by atoms with E-state index in [4.69, 9.17) is 4.74 Å². The van der Waals surface area contributed by atoms with Crippen molar-refractivity contribution in [3.8, 4) is 0 Å². The number of rotatable bonds is 3. The van der Waals surface area contributed by atoms with E-state index in [9.17, 15) is 8.42 Å². The first-order chi connectivity index (χ1) is 8.51. The van der Waals surface area contributed by atoms with Gasteiger partial charge in [0, 0.05) is 13.1 Å². The third-order valence-corrected chi connectivity index (χ3v) is 5.03. The Hall–Kier alpha value is -0.910. The lowest BCUT2D eigenvalue weighted by molar-refractivity contribution is 0.0730. The van der Waals surface area contributed by atoms with Gasteiger partial charge >= 0.3 is 0 Å². The lowest BCUT2D eigenvalue weighted by Crippen LogP contribution is -2.40. The average Bonchev–Trinajstić information content (AvgIpc) is 2.40. The van der Waals surface area contributed by atoms with E-state index in [-0.39, 0.29) is 0 Å². The number of benzene rings is 1. The average molecular weight is 269 g/mol. The summed E-state index contributed by atoms with van der Waals surface area (Å²) < 4.78 is 31.5. The highest BCUT2D eigenvalue weighted by atomic mass is 32.2. The normalized spacial score (nSPS) is 18.2. The van der Waals surface area contributed by atoms with Gasteiger partial charge in [0.2, 0.25) is 10.0 Å². The van der Waals surface area contributed by atoms with Crippen LogP contribution in [0.15, 0.2) is 29.2 Å². The van der Waals surface area contributed by atoms with Gasteiger partial charge in [0.1, 0.15) is 0 Å². The molecule has 18 heavy (non-hydrogen) atoms. The van der Waals surface area contributed by atoms with E-state index < -0.39 is 10.0 Å². The molecule has 0 aromatic heterocycles. The van der Waals surface area contributed by atoms with Crippen LogP contribution < -0.4 is 0 Å². The topological polar surface area (TPSA) is 46.6 Å². The van der Waals surface area contributed by atoms with Crippen LogP contribution in [0.3, 0.4) is 0 Å². The van der Waals surface area contributed by atoms with Gasteiger partial charge in [-0.25, -0.2) is 8.42 Å². The van der Waals surface area contributed by atoms with Crippen LogP contribution in [0.2, 0.25) is 0 Å². The van der Waals surface area contributed by atoms with Gasteiger partial charge in [0.25, 0.3) is 0 Å².